The summed E-state index contributed by atoms with van der Waals surface area (Å²) in [6.07, 6.45) is 9.20. The van der Waals surface area contributed by atoms with Crippen LogP contribution < -0.4 is 5.32 Å². The summed E-state index contributed by atoms with van der Waals surface area (Å²) >= 11 is 0. The van der Waals surface area contributed by atoms with Crippen molar-refractivity contribution >= 4 is 11.4 Å². The zero-order valence-electron chi connectivity index (χ0n) is 19.7. The van der Waals surface area contributed by atoms with E-state index < -0.39 is 17.4 Å². The van der Waals surface area contributed by atoms with Crippen LogP contribution in [0.4, 0.5) is 8.78 Å². The van der Waals surface area contributed by atoms with Crippen molar-refractivity contribution in [1.29, 1.82) is 0 Å². The maximum absolute atomic E-state index is 15.1. The number of hydrogen-bond donors (Lipinski definition) is 2. The maximum atomic E-state index is 15.1. The standard InChI is InChI=1S/C25H26F2N6O/c1-24(2)9-14(10-25(3,4)31-24)17-6-7-33-13-18(30-23(33)29-17)20-19(34)8-16(21(26)22(20)27)15-11-28-32(5)12-15/h6-9,11-13,31,34H,10H2,1-5H3. The number of imidazole rings is 1. The summed E-state index contributed by atoms with van der Waals surface area (Å²) in [4.78, 5) is 9.08. The third-order valence-electron chi connectivity index (χ3n) is 5.94. The minimum Gasteiger partial charge on any atom is -0.507 e. The van der Waals surface area contributed by atoms with Gasteiger partial charge < -0.3 is 10.4 Å². The maximum Gasteiger partial charge on any atom is 0.234 e. The highest BCUT2D eigenvalue weighted by atomic mass is 19.2. The van der Waals surface area contributed by atoms with Gasteiger partial charge in [0.25, 0.3) is 0 Å². The van der Waals surface area contributed by atoms with Crippen molar-refractivity contribution in [3.05, 3.63) is 60.3 Å². The molecule has 0 radical (unpaired) electrons. The fraction of sp³-hybridized carbons (Fsp3) is 0.320. The van der Waals surface area contributed by atoms with Gasteiger partial charge in [-0.2, -0.15) is 5.10 Å². The third-order valence-corrected chi connectivity index (χ3v) is 5.94. The van der Waals surface area contributed by atoms with E-state index in [1.165, 1.54) is 23.1 Å². The Morgan fingerprint density at radius 2 is 1.79 bits per heavy atom. The van der Waals surface area contributed by atoms with E-state index in [1.807, 2.05) is 6.07 Å². The lowest BCUT2D eigenvalue weighted by atomic mass is 9.82. The first kappa shape index (κ1) is 22.2. The molecule has 0 saturated heterocycles. The van der Waals surface area contributed by atoms with Crippen LogP contribution in [-0.2, 0) is 7.05 Å². The van der Waals surface area contributed by atoms with Crippen LogP contribution in [0, 0.1) is 11.6 Å². The number of phenols is 1. The molecule has 4 heterocycles. The average molecular weight is 465 g/mol. The predicted molar refractivity (Wildman–Crippen MR) is 126 cm³/mol. The number of aromatic hydroxyl groups is 1. The molecule has 1 aliphatic rings. The summed E-state index contributed by atoms with van der Waals surface area (Å²) in [5.41, 5.74) is 1.63. The number of nitrogens with zero attached hydrogens (tertiary/aromatic N) is 5. The van der Waals surface area contributed by atoms with E-state index in [2.05, 4.69) is 54.2 Å². The number of hydrogen-bond acceptors (Lipinski definition) is 5. The molecule has 4 aromatic rings. The van der Waals surface area contributed by atoms with Gasteiger partial charge in [-0.1, -0.05) is 6.08 Å². The molecule has 0 bridgehead atoms. The second kappa shape index (κ2) is 7.46. The third kappa shape index (κ3) is 3.86. The summed E-state index contributed by atoms with van der Waals surface area (Å²) in [6.45, 7) is 8.50. The van der Waals surface area contributed by atoms with Crippen molar-refractivity contribution in [3.63, 3.8) is 0 Å². The Morgan fingerprint density at radius 3 is 2.47 bits per heavy atom. The van der Waals surface area contributed by atoms with Crippen LogP contribution in [-0.4, -0.2) is 40.3 Å². The van der Waals surface area contributed by atoms with E-state index in [4.69, 9.17) is 0 Å². The largest absolute Gasteiger partial charge is 0.507 e. The molecule has 0 unspecified atom stereocenters. The normalized spacial score (nSPS) is 17.2. The Kier molecular flexibility index (Phi) is 4.87. The molecule has 0 aliphatic carbocycles. The Balaban J connectivity index is 1.57. The molecule has 0 atom stereocenters. The lowest BCUT2D eigenvalue weighted by Gasteiger charge is -2.41. The zero-order chi connectivity index (χ0) is 24.4. The number of rotatable bonds is 3. The summed E-state index contributed by atoms with van der Waals surface area (Å²) in [7, 11) is 1.67. The summed E-state index contributed by atoms with van der Waals surface area (Å²) in [6, 6.07) is 3.07. The predicted octanol–water partition coefficient (Wildman–Crippen LogP) is 4.71. The fourth-order valence-electron chi connectivity index (χ4n) is 4.88. The molecule has 1 aromatic carbocycles. The van der Waals surface area contributed by atoms with Gasteiger partial charge >= 0.3 is 0 Å². The Bertz CT molecular complexity index is 1460. The zero-order valence-corrected chi connectivity index (χ0v) is 19.7. The van der Waals surface area contributed by atoms with Crippen molar-refractivity contribution in [2.24, 2.45) is 7.05 Å². The molecule has 2 N–H and O–H groups in total. The second-order valence-electron chi connectivity index (χ2n) is 10.1. The van der Waals surface area contributed by atoms with Crippen LogP contribution in [0.2, 0.25) is 0 Å². The minimum atomic E-state index is -1.17. The van der Waals surface area contributed by atoms with Gasteiger partial charge in [-0.25, -0.2) is 18.7 Å². The number of halogens is 2. The Labute approximate surface area is 195 Å². The monoisotopic (exact) mass is 464 g/mol. The lowest BCUT2D eigenvalue weighted by molar-refractivity contribution is 0.297. The molecule has 176 valence electrons. The van der Waals surface area contributed by atoms with Gasteiger partial charge in [0.15, 0.2) is 11.6 Å². The molecule has 34 heavy (non-hydrogen) atoms. The van der Waals surface area contributed by atoms with Gasteiger partial charge in [0.05, 0.1) is 23.1 Å². The van der Waals surface area contributed by atoms with Crippen LogP contribution in [0.5, 0.6) is 5.75 Å². The quantitative estimate of drug-likeness (QED) is 0.459. The highest BCUT2D eigenvalue weighted by Gasteiger charge is 2.33. The Morgan fingerprint density at radius 1 is 1.06 bits per heavy atom. The fourth-order valence-corrected chi connectivity index (χ4v) is 4.88. The minimum absolute atomic E-state index is 0.0703. The number of fused-ring (bicyclic) bond motifs is 1. The first-order valence-corrected chi connectivity index (χ1v) is 11.0. The molecule has 7 nitrogen and oxygen atoms in total. The van der Waals surface area contributed by atoms with Crippen molar-refractivity contribution in [3.8, 4) is 28.1 Å². The van der Waals surface area contributed by atoms with E-state index in [9.17, 15) is 9.50 Å². The number of benzene rings is 1. The van der Waals surface area contributed by atoms with Gasteiger partial charge in [0.2, 0.25) is 5.78 Å². The van der Waals surface area contributed by atoms with E-state index in [-0.39, 0.29) is 27.9 Å². The SMILES string of the molecule is Cn1cc(-c2cc(O)c(-c3cn4ccc(C5=CC(C)(C)NC(C)(C)C5)nc4n3)c(F)c2F)cn1. The van der Waals surface area contributed by atoms with E-state index >= 15 is 4.39 Å². The van der Waals surface area contributed by atoms with Crippen LogP contribution in [0.1, 0.15) is 39.8 Å². The molecule has 3 aromatic heterocycles. The summed E-state index contributed by atoms with van der Waals surface area (Å²) in [5, 5.41) is 18.2. The van der Waals surface area contributed by atoms with Crippen molar-refractivity contribution in [2.75, 3.05) is 0 Å². The van der Waals surface area contributed by atoms with E-state index in [1.54, 1.807) is 23.8 Å². The van der Waals surface area contributed by atoms with Crippen molar-refractivity contribution in [1.82, 2.24) is 29.5 Å². The van der Waals surface area contributed by atoms with Gasteiger partial charge in [-0.3, -0.25) is 9.08 Å². The van der Waals surface area contributed by atoms with Crippen LogP contribution in [0.25, 0.3) is 33.7 Å². The molecule has 9 heteroatoms. The molecule has 0 fully saturated rings. The van der Waals surface area contributed by atoms with Gasteiger partial charge in [0.1, 0.15) is 5.75 Å². The number of aromatic nitrogens is 5. The van der Waals surface area contributed by atoms with Crippen molar-refractivity contribution in [2.45, 2.75) is 45.2 Å². The Hall–Kier alpha value is -3.59. The van der Waals surface area contributed by atoms with Gasteiger partial charge in [-0.15, -0.1) is 0 Å². The van der Waals surface area contributed by atoms with Gasteiger partial charge in [-0.05, 0) is 51.8 Å². The second-order valence-corrected chi connectivity index (χ2v) is 10.1. The molecular weight excluding hydrogens is 438 g/mol. The van der Waals surface area contributed by atoms with Gasteiger partial charge in [0, 0.05) is 47.8 Å². The van der Waals surface area contributed by atoms with Crippen molar-refractivity contribution < 1.29 is 13.9 Å². The molecular formula is C25H26F2N6O. The first-order chi connectivity index (χ1) is 15.9. The first-order valence-electron chi connectivity index (χ1n) is 11.0. The highest BCUT2D eigenvalue weighted by molar-refractivity contribution is 5.76. The number of aryl methyl sites for hydroxylation is 1. The van der Waals surface area contributed by atoms with Crippen LogP contribution >= 0.6 is 0 Å². The van der Waals surface area contributed by atoms with Crippen LogP contribution in [0.15, 0.2) is 43.0 Å². The molecule has 0 spiro atoms. The van der Waals surface area contributed by atoms with E-state index in [0.29, 0.717) is 11.3 Å². The molecule has 5 rings (SSSR count). The summed E-state index contributed by atoms with van der Waals surface area (Å²) in [5.74, 6) is -2.33. The molecule has 0 saturated carbocycles. The average Bonchev–Trinajstić information content (AvgIpc) is 3.34. The van der Waals surface area contributed by atoms with Crippen LogP contribution in [0.3, 0.4) is 0 Å². The lowest BCUT2D eigenvalue weighted by Crippen LogP contribution is -2.53. The molecule has 0 amide bonds. The number of phenolic OH excluding ortho intramolecular Hbond substituents is 1. The molecule has 1 aliphatic heterocycles. The summed E-state index contributed by atoms with van der Waals surface area (Å²) < 4.78 is 33.2. The number of nitrogens with one attached hydrogen (secondary N) is 1. The topological polar surface area (TPSA) is 80.3 Å². The highest BCUT2D eigenvalue weighted by Crippen LogP contribution is 2.38. The van der Waals surface area contributed by atoms with E-state index in [0.717, 1.165) is 17.7 Å². The smallest absolute Gasteiger partial charge is 0.234 e.